The fourth-order valence-electron chi connectivity index (χ4n) is 2.25. The molecule has 0 saturated heterocycles. The average molecular weight is 467 g/mol. The molecule has 0 atom stereocenters. The van der Waals surface area contributed by atoms with Gasteiger partial charge < -0.3 is 15.3 Å². The molecule has 1 aliphatic carbocycles. The molecule has 176 valence electrons. The van der Waals surface area contributed by atoms with Gasteiger partial charge in [0, 0.05) is 0 Å². The third-order valence-electron chi connectivity index (χ3n) is 3.65. The number of hydrogen-bond acceptors (Lipinski definition) is 3. The number of allylic oxidation sites excluding steroid dienone is 4. The normalized spacial score (nSPS) is 13.7. The Hall–Kier alpha value is -0.706. The molecule has 0 amide bonds. The third-order valence-corrected chi connectivity index (χ3v) is 4.39. The van der Waals surface area contributed by atoms with Crippen LogP contribution in [0, 0.1) is 5.41 Å². The molecule has 0 saturated carbocycles. The molecule has 0 aromatic carbocycles. The van der Waals surface area contributed by atoms with Crippen LogP contribution >= 0.6 is 0 Å². The summed E-state index contributed by atoms with van der Waals surface area (Å²) in [4.78, 5) is 0. The van der Waals surface area contributed by atoms with Crippen LogP contribution in [0.4, 0.5) is 0 Å². The van der Waals surface area contributed by atoms with Crippen LogP contribution < -0.4 is 15.3 Å². The first kappa shape index (κ1) is 34.9. The van der Waals surface area contributed by atoms with Gasteiger partial charge in [-0.3, -0.25) is 0 Å². The fourth-order valence-corrected chi connectivity index (χ4v) is 3.15. The van der Waals surface area contributed by atoms with Gasteiger partial charge in [0.2, 0.25) is 0 Å². The van der Waals surface area contributed by atoms with Gasteiger partial charge in [-0.05, 0) is 19.3 Å². The van der Waals surface area contributed by atoms with Crippen LogP contribution in [0.15, 0.2) is 59.6 Å². The molecule has 0 aromatic rings. The molecule has 0 fully saturated rings. The van der Waals surface area contributed by atoms with Crippen molar-refractivity contribution in [1.29, 1.82) is 0 Å². The Bertz CT molecular complexity index is 524. The zero-order valence-corrected chi connectivity index (χ0v) is 23.1. The molecule has 0 aliphatic heterocycles. The summed E-state index contributed by atoms with van der Waals surface area (Å²) in [5, 5.41) is 31.9. The first-order valence-corrected chi connectivity index (χ1v) is 11.5. The van der Waals surface area contributed by atoms with E-state index in [1.807, 2.05) is 0 Å². The van der Waals surface area contributed by atoms with Gasteiger partial charge >= 0.3 is 74.6 Å². The minimum absolute atomic E-state index is 0.344. The summed E-state index contributed by atoms with van der Waals surface area (Å²) >= 11 is 2.22. The molecule has 0 unspecified atom stereocenters. The van der Waals surface area contributed by atoms with Crippen molar-refractivity contribution in [2.75, 3.05) is 0 Å². The summed E-state index contributed by atoms with van der Waals surface area (Å²) in [5.41, 5.74) is -0.588. The van der Waals surface area contributed by atoms with Gasteiger partial charge in [-0.1, -0.05) is 59.8 Å². The summed E-state index contributed by atoms with van der Waals surface area (Å²) < 4.78 is 1.53. The maximum atomic E-state index is 10.6. The van der Waals surface area contributed by atoms with Crippen molar-refractivity contribution < 1.29 is 35.8 Å². The summed E-state index contributed by atoms with van der Waals surface area (Å²) in [6.45, 7) is 27.0. The van der Waals surface area contributed by atoms with E-state index in [2.05, 4.69) is 73.1 Å². The number of hydrogen-bond donors (Lipinski definition) is 0. The van der Waals surface area contributed by atoms with E-state index in [-0.39, 0.29) is 0 Å². The topological polar surface area (TPSA) is 69.2 Å². The van der Waals surface area contributed by atoms with Gasteiger partial charge in [-0.25, -0.2) is 0 Å². The molecule has 4 heteroatoms. The van der Waals surface area contributed by atoms with Crippen molar-refractivity contribution in [3.63, 3.8) is 0 Å². The Morgan fingerprint density at radius 1 is 0.742 bits per heavy atom. The summed E-state index contributed by atoms with van der Waals surface area (Å²) in [6.07, 6.45) is 12.2. The van der Waals surface area contributed by atoms with Crippen LogP contribution in [0.5, 0.6) is 0 Å². The van der Waals surface area contributed by atoms with Gasteiger partial charge in [0.25, 0.3) is 0 Å². The van der Waals surface area contributed by atoms with Crippen LogP contribution in [0.3, 0.4) is 0 Å². The van der Waals surface area contributed by atoms with Crippen molar-refractivity contribution in [1.82, 2.24) is 0 Å². The van der Waals surface area contributed by atoms with E-state index in [4.69, 9.17) is 0 Å². The SMILES string of the molecule is C=CCC(C)(C)[O-].C=CCC(C)(C)[O-].C=CCC(C)(C)[O-].CC(C)(C)C1=[C]([Ti+3])CC=C1. The van der Waals surface area contributed by atoms with Crippen LogP contribution in [-0.4, -0.2) is 16.8 Å². The average Bonchev–Trinajstić information content (AvgIpc) is 2.91. The molecule has 3 nitrogen and oxygen atoms in total. The maximum absolute atomic E-state index is 10.6. The molecular formula is C27H46O3Ti. The van der Waals surface area contributed by atoms with Crippen molar-refractivity contribution in [3.05, 3.63) is 59.6 Å². The van der Waals surface area contributed by atoms with E-state index >= 15 is 0 Å². The van der Waals surface area contributed by atoms with Crippen LogP contribution in [0.2, 0.25) is 0 Å². The van der Waals surface area contributed by atoms with Crippen molar-refractivity contribution in [2.24, 2.45) is 5.41 Å². The second-order valence-corrected chi connectivity index (χ2v) is 11.4. The van der Waals surface area contributed by atoms with Gasteiger partial charge in [-0.15, -0.1) is 36.5 Å². The first-order chi connectivity index (χ1) is 13.7. The molecule has 31 heavy (non-hydrogen) atoms. The Morgan fingerprint density at radius 3 is 1.10 bits per heavy atom. The second-order valence-electron chi connectivity index (χ2n) is 10.5. The molecule has 0 aromatic heterocycles. The fraction of sp³-hybridized carbons (Fsp3) is 0.630. The van der Waals surface area contributed by atoms with E-state index in [1.54, 1.807) is 59.8 Å². The second kappa shape index (κ2) is 16.0. The molecule has 0 heterocycles. The Morgan fingerprint density at radius 2 is 1.03 bits per heavy atom. The van der Waals surface area contributed by atoms with Crippen LogP contribution in [0.25, 0.3) is 0 Å². The first-order valence-electron chi connectivity index (χ1n) is 10.8. The summed E-state index contributed by atoms with van der Waals surface area (Å²) in [7, 11) is 0. The van der Waals surface area contributed by atoms with Crippen molar-refractivity contribution in [3.8, 4) is 0 Å². The molecule has 1 aliphatic rings. The summed E-state index contributed by atoms with van der Waals surface area (Å²) in [6, 6.07) is 0. The molecule has 0 radical (unpaired) electrons. The van der Waals surface area contributed by atoms with E-state index < -0.39 is 16.8 Å². The zero-order valence-electron chi connectivity index (χ0n) is 21.6. The van der Waals surface area contributed by atoms with E-state index in [1.165, 1.54) is 9.45 Å². The molecular weight excluding hydrogens is 420 g/mol. The van der Waals surface area contributed by atoms with Crippen LogP contribution in [0.1, 0.15) is 88.0 Å². The van der Waals surface area contributed by atoms with E-state index in [0.717, 1.165) is 6.42 Å². The van der Waals surface area contributed by atoms with E-state index in [0.29, 0.717) is 24.7 Å². The van der Waals surface area contributed by atoms with Gasteiger partial charge in [0.15, 0.2) is 0 Å². The Balaban J connectivity index is -0.000000343. The zero-order chi connectivity index (χ0) is 25.5. The summed E-state index contributed by atoms with van der Waals surface area (Å²) in [5.74, 6) is 0. The van der Waals surface area contributed by atoms with E-state index in [9.17, 15) is 15.3 Å². The molecule has 1 rings (SSSR count). The monoisotopic (exact) mass is 466 g/mol. The molecule has 0 spiro atoms. The number of rotatable bonds is 6. The van der Waals surface area contributed by atoms with Crippen molar-refractivity contribution >= 4 is 0 Å². The van der Waals surface area contributed by atoms with Gasteiger partial charge in [0.1, 0.15) is 0 Å². The Kier molecular flexibility index (Phi) is 18.0. The standard InChI is InChI=1S/C9H13.3C6H11O.Ti/c1-9(2,3)8-6-4-5-7-8;3*1-4-5-6(2,3)7;/h4,6H,5H2,1-3H3;3*4H,1,5H2,2-3H3;/q;3*-1;+3. The van der Waals surface area contributed by atoms with Crippen LogP contribution in [-0.2, 0) is 20.4 Å². The predicted octanol–water partition coefficient (Wildman–Crippen LogP) is 4.90. The minimum atomic E-state index is -0.818. The van der Waals surface area contributed by atoms with Gasteiger partial charge in [-0.2, -0.15) is 0 Å². The Labute approximate surface area is 205 Å². The van der Waals surface area contributed by atoms with Gasteiger partial charge in [0.05, 0.1) is 0 Å². The quantitative estimate of drug-likeness (QED) is 0.413. The molecule has 0 bridgehead atoms. The van der Waals surface area contributed by atoms with Crippen molar-refractivity contribution in [2.45, 2.75) is 105 Å². The predicted molar refractivity (Wildman–Crippen MR) is 127 cm³/mol. The third kappa shape index (κ3) is 29.3. The molecule has 0 N–H and O–H groups in total.